The number of anilines is 1. The third-order valence-corrected chi connectivity index (χ3v) is 5.61. The number of hydrogen-bond donors (Lipinski definition) is 3. The van der Waals surface area contributed by atoms with Gasteiger partial charge in [-0.2, -0.15) is 0 Å². The predicted octanol–water partition coefficient (Wildman–Crippen LogP) is 2.37. The van der Waals surface area contributed by atoms with Crippen molar-refractivity contribution in [1.29, 1.82) is 0 Å². The summed E-state index contributed by atoms with van der Waals surface area (Å²) >= 11 is 0. The van der Waals surface area contributed by atoms with Gasteiger partial charge in [-0.25, -0.2) is 4.98 Å². The molecule has 1 aliphatic rings. The van der Waals surface area contributed by atoms with Crippen LogP contribution in [0.5, 0.6) is 0 Å². The number of aliphatic carboxylic acids is 1. The van der Waals surface area contributed by atoms with Gasteiger partial charge >= 0.3 is 5.97 Å². The topological polar surface area (TPSA) is 119 Å². The molecule has 0 bridgehead atoms. The van der Waals surface area contributed by atoms with Crippen molar-refractivity contribution in [3.8, 4) is 0 Å². The van der Waals surface area contributed by atoms with E-state index < -0.39 is 12.0 Å². The molecule has 9 heteroatoms. The molecule has 1 aromatic heterocycles. The minimum atomic E-state index is -1.05. The van der Waals surface area contributed by atoms with Crippen LogP contribution in [0.3, 0.4) is 0 Å². The zero-order chi connectivity index (χ0) is 23.0. The first-order valence-corrected chi connectivity index (χ1v) is 10.3. The average molecular weight is 435 g/mol. The molecule has 9 nitrogen and oxygen atoms in total. The van der Waals surface area contributed by atoms with E-state index in [0.29, 0.717) is 17.8 Å². The number of amides is 2. The van der Waals surface area contributed by atoms with E-state index in [1.165, 1.54) is 4.90 Å². The van der Waals surface area contributed by atoms with Gasteiger partial charge in [-0.15, -0.1) is 0 Å². The number of benzene rings is 2. The van der Waals surface area contributed by atoms with Gasteiger partial charge < -0.3 is 25.2 Å². The first-order valence-electron chi connectivity index (χ1n) is 10.3. The number of aromatic nitrogens is 2. The molecule has 32 heavy (non-hydrogen) atoms. The summed E-state index contributed by atoms with van der Waals surface area (Å²) in [4.78, 5) is 47.6. The highest BCUT2D eigenvalue weighted by Crippen LogP contribution is 2.26. The van der Waals surface area contributed by atoms with E-state index in [0.717, 1.165) is 28.0 Å². The highest BCUT2D eigenvalue weighted by molar-refractivity contribution is 5.96. The standard InChI is InChI=1S/C23H25N5O4/c1-13-24-18-6-4-5-15(21(18)25-13)11-27(2)22(31)14-7-8-17-16(9-14)12-28(3)23(32)19(26-17)10-20(29)30/h4-9,19,26H,10-12H2,1-3H3,(H,24,25)(H,29,30). The van der Waals surface area contributed by atoms with Crippen LogP contribution in [-0.2, 0) is 22.7 Å². The van der Waals surface area contributed by atoms with Crippen LogP contribution < -0.4 is 5.32 Å². The molecule has 0 radical (unpaired) electrons. The molecule has 3 aromatic rings. The Balaban J connectivity index is 1.56. The molecule has 3 N–H and O–H groups in total. The summed E-state index contributed by atoms with van der Waals surface area (Å²) in [6.45, 7) is 2.58. The zero-order valence-corrected chi connectivity index (χ0v) is 18.2. The molecule has 2 amide bonds. The molecular weight excluding hydrogens is 410 g/mol. The van der Waals surface area contributed by atoms with Gasteiger partial charge in [-0.3, -0.25) is 14.4 Å². The van der Waals surface area contributed by atoms with Crippen molar-refractivity contribution in [3.63, 3.8) is 0 Å². The average Bonchev–Trinajstić information content (AvgIpc) is 3.09. The molecule has 0 spiro atoms. The molecule has 166 valence electrons. The molecule has 2 heterocycles. The molecule has 1 aliphatic heterocycles. The van der Waals surface area contributed by atoms with Crippen molar-refractivity contribution >= 4 is 34.5 Å². The van der Waals surface area contributed by atoms with Gasteiger partial charge in [0.2, 0.25) is 5.91 Å². The van der Waals surface area contributed by atoms with Crippen molar-refractivity contribution < 1.29 is 19.5 Å². The van der Waals surface area contributed by atoms with Crippen LogP contribution in [-0.4, -0.2) is 62.8 Å². The smallest absolute Gasteiger partial charge is 0.305 e. The summed E-state index contributed by atoms with van der Waals surface area (Å²) in [7, 11) is 3.37. The number of aryl methyl sites for hydroxylation is 1. The number of carbonyl (C=O) groups excluding carboxylic acids is 2. The van der Waals surface area contributed by atoms with Crippen molar-refractivity contribution in [1.82, 2.24) is 19.8 Å². The fourth-order valence-electron chi connectivity index (χ4n) is 4.05. The number of para-hydroxylation sites is 1. The number of imidazole rings is 1. The maximum atomic E-state index is 13.1. The van der Waals surface area contributed by atoms with Crippen LogP contribution in [0.4, 0.5) is 5.69 Å². The normalized spacial score (nSPS) is 15.8. The fourth-order valence-corrected chi connectivity index (χ4v) is 4.05. The van der Waals surface area contributed by atoms with E-state index in [-0.39, 0.29) is 24.8 Å². The summed E-state index contributed by atoms with van der Waals surface area (Å²) in [5.41, 5.74) is 4.64. The number of nitrogens with zero attached hydrogens (tertiary/aromatic N) is 3. The van der Waals surface area contributed by atoms with Gasteiger partial charge in [-0.1, -0.05) is 12.1 Å². The lowest BCUT2D eigenvalue weighted by atomic mass is 10.1. The lowest BCUT2D eigenvalue weighted by Gasteiger charge is -2.19. The van der Waals surface area contributed by atoms with Crippen molar-refractivity contribution in [2.75, 3.05) is 19.4 Å². The minimum Gasteiger partial charge on any atom is -0.481 e. The Morgan fingerprint density at radius 3 is 2.81 bits per heavy atom. The molecular formula is C23H25N5O4. The number of carboxylic acid groups (broad SMARTS) is 1. The van der Waals surface area contributed by atoms with E-state index in [4.69, 9.17) is 5.11 Å². The number of hydrogen-bond acceptors (Lipinski definition) is 5. The van der Waals surface area contributed by atoms with Gasteiger partial charge in [0.1, 0.15) is 11.9 Å². The third kappa shape index (κ3) is 4.14. The highest BCUT2D eigenvalue weighted by Gasteiger charge is 2.29. The van der Waals surface area contributed by atoms with Crippen LogP contribution in [0.1, 0.15) is 33.7 Å². The number of carbonyl (C=O) groups is 3. The molecule has 2 aromatic carbocycles. The van der Waals surface area contributed by atoms with E-state index in [1.54, 1.807) is 37.2 Å². The van der Waals surface area contributed by atoms with Crippen molar-refractivity contribution in [3.05, 3.63) is 58.9 Å². The Bertz CT molecular complexity index is 1220. The fraction of sp³-hybridized carbons (Fsp3) is 0.304. The summed E-state index contributed by atoms with van der Waals surface area (Å²) in [5.74, 6) is -0.684. The Morgan fingerprint density at radius 1 is 1.28 bits per heavy atom. The van der Waals surface area contributed by atoms with Crippen LogP contribution in [0.2, 0.25) is 0 Å². The van der Waals surface area contributed by atoms with Gasteiger partial charge in [-0.05, 0) is 42.3 Å². The number of carboxylic acids is 1. The molecule has 0 fully saturated rings. The summed E-state index contributed by atoms with van der Waals surface area (Å²) < 4.78 is 0. The van der Waals surface area contributed by atoms with Crippen LogP contribution in [0, 0.1) is 6.92 Å². The van der Waals surface area contributed by atoms with E-state index in [2.05, 4.69) is 15.3 Å². The largest absolute Gasteiger partial charge is 0.481 e. The first-order chi connectivity index (χ1) is 15.2. The third-order valence-electron chi connectivity index (χ3n) is 5.61. The SMILES string of the molecule is Cc1nc2c(CN(C)C(=O)c3ccc4c(c3)CN(C)C(=O)C(CC(=O)O)N4)cccc2[nH]1. The van der Waals surface area contributed by atoms with Crippen molar-refractivity contribution in [2.45, 2.75) is 32.5 Å². The number of nitrogens with one attached hydrogen (secondary N) is 2. The number of rotatable bonds is 5. The highest BCUT2D eigenvalue weighted by atomic mass is 16.4. The monoisotopic (exact) mass is 435 g/mol. The quantitative estimate of drug-likeness (QED) is 0.566. The van der Waals surface area contributed by atoms with Gasteiger partial charge in [0.25, 0.3) is 5.91 Å². The Kier molecular flexibility index (Phi) is 5.56. The second-order valence-electron chi connectivity index (χ2n) is 8.16. The van der Waals surface area contributed by atoms with E-state index >= 15 is 0 Å². The summed E-state index contributed by atoms with van der Waals surface area (Å²) in [5, 5.41) is 12.1. The molecule has 0 aliphatic carbocycles. The van der Waals surface area contributed by atoms with Gasteiger partial charge in [0, 0.05) is 38.4 Å². The van der Waals surface area contributed by atoms with Crippen molar-refractivity contribution in [2.24, 2.45) is 0 Å². The van der Waals surface area contributed by atoms with E-state index in [9.17, 15) is 14.4 Å². The number of likely N-dealkylation sites (N-methyl/N-ethyl adjacent to an activating group) is 1. The molecule has 0 saturated carbocycles. The summed E-state index contributed by atoms with van der Waals surface area (Å²) in [6, 6.07) is 10.2. The zero-order valence-electron chi connectivity index (χ0n) is 18.2. The first kappa shape index (κ1) is 21.4. The molecule has 4 rings (SSSR count). The van der Waals surface area contributed by atoms with Gasteiger partial charge in [0.05, 0.1) is 17.5 Å². The Hall–Kier alpha value is -3.88. The predicted molar refractivity (Wildman–Crippen MR) is 119 cm³/mol. The lowest BCUT2D eigenvalue weighted by molar-refractivity contribution is -0.141. The maximum absolute atomic E-state index is 13.1. The maximum Gasteiger partial charge on any atom is 0.305 e. The van der Waals surface area contributed by atoms with E-state index in [1.807, 2.05) is 25.1 Å². The van der Waals surface area contributed by atoms with Crippen LogP contribution >= 0.6 is 0 Å². The molecule has 1 atom stereocenters. The van der Waals surface area contributed by atoms with Gasteiger partial charge in [0.15, 0.2) is 0 Å². The Morgan fingerprint density at radius 2 is 2.06 bits per heavy atom. The molecule has 0 saturated heterocycles. The number of fused-ring (bicyclic) bond motifs is 2. The Labute approximate surface area is 185 Å². The number of H-pyrrole nitrogens is 1. The number of aromatic amines is 1. The summed E-state index contributed by atoms with van der Waals surface area (Å²) in [6.07, 6.45) is -0.315. The lowest BCUT2D eigenvalue weighted by Crippen LogP contribution is -2.39. The second-order valence-corrected chi connectivity index (χ2v) is 8.16. The minimum absolute atomic E-state index is 0.155. The van der Waals surface area contributed by atoms with Crippen LogP contribution in [0.25, 0.3) is 11.0 Å². The van der Waals surface area contributed by atoms with Crippen LogP contribution in [0.15, 0.2) is 36.4 Å². The second kappa shape index (κ2) is 8.33. The molecule has 1 unspecified atom stereocenters.